The fraction of sp³-hybridized carbons (Fsp3) is 0.833. The van der Waals surface area contributed by atoms with Gasteiger partial charge >= 0.3 is 11.9 Å². The van der Waals surface area contributed by atoms with Gasteiger partial charge in [-0.3, -0.25) is 33.6 Å². The van der Waals surface area contributed by atoms with Crippen LogP contribution in [0.2, 0.25) is 0 Å². The first-order valence-corrected chi connectivity index (χ1v) is 21.2. The minimum absolute atomic E-state index is 0.0961. The molecule has 324 valence electrons. The van der Waals surface area contributed by atoms with Gasteiger partial charge in [-0.2, -0.15) is 0 Å². The Balaban J connectivity index is 4.85. The molecular formula is C42H77N5O9. The van der Waals surface area contributed by atoms with Crippen LogP contribution in [0.15, 0.2) is 0 Å². The van der Waals surface area contributed by atoms with Crippen LogP contribution in [0.1, 0.15) is 170 Å². The predicted octanol–water partition coefficient (Wildman–Crippen LogP) is 5.85. The molecule has 0 heterocycles. The zero-order chi connectivity index (χ0) is 42.6. The molecule has 0 rings (SSSR count). The number of rotatable bonds is 35. The summed E-state index contributed by atoms with van der Waals surface area (Å²) in [6.07, 6.45) is 15.8. The van der Waals surface area contributed by atoms with Crippen molar-refractivity contribution >= 4 is 41.5 Å². The first-order valence-electron chi connectivity index (χ1n) is 21.2. The van der Waals surface area contributed by atoms with Gasteiger partial charge in [0, 0.05) is 55.3 Å². The molecule has 0 saturated heterocycles. The number of nitrogens with two attached hydrogens (primary N) is 1. The summed E-state index contributed by atoms with van der Waals surface area (Å²) in [5.41, 5.74) is 3.48. The van der Waals surface area contributed by atoms with E-state index in [1.165, 1.54) is 58.3 Å². The normalized spacial score (nSPS) is 14.1. The second kappa shape index (κ2) is 29.5. The Hall–Kier alpha value is -3.71. The van der Waals surface area contributed by atoms with Crippen LogP contribution in [-0.2, 0) is 33.6 Å². The Bertz CT molecular complexity index is 1210. The third-order valence-electron chi connectivity index (χ3n) is 10.6. The van der Waals surface area contributed by atoms with Crippen LogP contribution in [0.5, 0.6) is 0 Å². The number of carbonyl (C=O) groups is 7. The van der Waals surface area contributed by atoms with Gasteiger partial charge in [0.05, 0.1) is 12.3 Å². The van der Waals surface area contributed by atoms with Crippen molar-refractivity contribution in [3.05, 3.63) is 0 Å². The molecule has 0 aliphatic heterocycles. The van der Waals surface area contributed by atoms with Crippen LogP contribution in [0.3, 0.4) is 0 Å². The van der Waals surface area contributed by atoms with E-state index < -0.39 is 46.4 Å². The molecule has 4 unspecified atom stereocenters. The molecule has 4 atom stereocenters. The molecule has 0 bridgehead atoms. The topological polar surface area (TPSA) is 234 Å². The van der Waals surface area contributed by atoms with Gasteiger partial charge in [-0.25, -0.2) is 0 Å². The highest BCUT2D eigenvalue weighted by atomic mass is 16.4. The molecule has 56 heavy (non-hydrogen) atoms. The van der Waals surface area contributed by atoms with Crippen molar-refractivity contribution in [2.75, 3.05) is 26.2 Å². The van der Waals surface area contributed by atoms with Gasteiger partial charge in [0.15, 0.2) is 0 Å². The molecule has 0 saturated carbocycles. The Morgan fingerprint density at radius 2 is 1.09 bits per heavy atom. The standard InChI is InChI=1S/C42H77N5O9/c1-7-9-10-11-12-13-14-15-16-17-18-19-22-33(38(53)54)28-34(48)44-23-20-26-47-40(56)42(6,29-32(8-2)36(43)51)30-41(4,5)39(55)46-25-21-24-45-37(52)31(3)27-35(49)50/h31-33H,7-30H2,1-6H3,(H2,43,51)(H,44,48)(H,45,52)(H,46,55)(H,47,56)(H,49,50)(H,53,54). The maximum atomic E-state index is 13.7. The van der Waals surface area contributed by atoms with Crippen molar-refractivity contribution in [2.24, 2.45) is 34.3 Å². The Kier molecular flexibility index (Phi) is 27.6. The molecule has 0 spiro atoms. The lowest BCUT2D eigenvalue weighted by atomic mass is 9.68. The van der Waals surface area contributed by atoms with E-state index in [1.807, 2.05) is 6.92 Å². The highest BCUT2D eigenvalue weighted by molar-refractivity contribution is 5.87. The highest BCUT2D eigenvalue weighted by Gasteiger charge is 2.43. The average molecular weight is 796 g/mol. The highest BCUT2D eigenvalue weighted by Crippen LogP contribution is 2.40. The number of nitrogens with one attached hydrogen (secondary N) is 4. The molecule has 14 nitrogen and oxygen atoms in total. The summed E-state index contributed by atoms with van der Waals surface area (Å²) in [6.45, 7) is 11.7. The van der Waals surface area contributed by atoms with Gasteiger partial charge < -0.3 is 37.2 Å². The summed E-state index contributed by atoms with van der Waals surface area (Å²) < 4.78 is 0. The predicted molar refractivity (Wildman–Crippen MR) is 218 cm³/mol. The third-order valence-corrected chi connectivity index (χ3v) is 10.6. The lowest BCUT2D eigenvalue weighted by Crippen LogP contribution is -2.48. The number of carboxylic acids is 2. The number of hydrogen-bond donors (Lipinski definition) is 7. The first kappa shape index (κ1) is 52.3. The van der Waals surface area contributed by atoms with Gasteiger partial charge in [0.2, 0.25) is 29.5 Å². The van der Waals surface area contributed by atoms with Gasteiger partial charge in [0.1, 0.15) is 0 Å². The van der Waals surface area contributed by atoms with Crippen molar-refractivity contribution in [1.29, 1.82) is 0 Å². The fourth-order valence-corrected chi connectivity index (χ4v) is 7.13. The second-order valence-corrected chi connectivity index (χ2v) is 16.6. The van der Waals surface area contributed by atoms with E-state index >= 15 is 0 Å². The van der Waals surface area contributed by atoms with E-state index in [9.17, 15) is 38.7 Å². The molecule has 0 aromatic heterocycles. The lowest BCUT2D eigenvalue weighted by Gasteiger charge is -2.37. The zero-order valence-corrected chi connectivity index (χ0v) is 35.5. The zero-order valence-electron chi connectivity index (χ0n) is 35.5. The number of unbranched alkanes of at least 4 members (excludes halogenated alkanes) is 11. The molecule has 8 N–H and O–H groups in total. The molecular weight excluding hydrogens is 718 g/mol. The average Bonchev–Trinajstić information content (AvgIpc) is 3.12. The third kappa shape index (κ3) is 24.0. The van der Waals surface area contributed by atoms with E-state index in [-0.39, 0.29) is 75.5 Å². The molecule has 0 aromatic rings. The maximum Gasteiger partial charge on any atom is 0.307 e. The van der Waals surface area contributed by atoms with Gasteiger partial charge in [-0.1, -0.05) is 119 Å². The number of carboxylic acid groups (broad SMARTS) is 2. The fourth-order valence-electron chi connectivity index (χ4n) is 7.13. The summed E-state index contributed by atoms with van der Waals surface area (Å²) >= 11 is 0. The van der Waals surface area contributed by atoms with Crippen LogP contribution in [0, 0.1) is 28.6 Å². The molecule has 0 aromatic carbocycles. The summed E-state index contributed by atoms with van der Waals surface area (Å²) in [5, 5.41) is 29.7. The number of hydrogen-bond acceptors (Lipinski definition) is 7. The van der Waals surface area contributed by atoms with Crippen molar-refractivity contribution in [3.63, 3.8) is 0 Å². The molecule has 0 aliphatic rings. The van der Waals surface area contributed by atoms with Gasteiger partial charge in [0.25, 0.3) is 0 Å². The van der Waals surface area contributed by atoms with Crippen molar-refractivity contribution < 1.29 is 43.8 Å². The van der Waals surface area contributed by atoms with Crippen molar-refractivity contribution in [1.82, 2.24) is 21.3 Å². The van der Waals surface area contributed by atoms with Gasteiger partial charge in [-0.05, 0) is 38.5 Å². The number of carbonyl (C=O) groups excluding carboxylic acids is 5. The van der Waals surface area contributed by atoms with E-state index in [0.717, 1.165) is 25.7 Å². The van der Waals surface area contributed by atoms with Crippen LogP contribution in [0.4, 0.5) is 0 Å². The van der Waals surface area contributed by atoms with Crippen molar-refractivity contribution in [2.45, 2.75) is 170 Å². The molecule has 0 fully saturated rings. The molecule has 5 amide bonds. The van der Waals surface area contributed by atoms with Crippen LogP contribution in [0.25, 0.3) is 0 Å². The number of aliphatic carboxylic acids is 2. The molecule has 0 radical (unpaired) electrons. The minimum Gasteiger partial charge on any atom is -0.481 e. The quantitative estimate of drug-likeness (QED) is 0.0381. The summed E-state index contributed by atoms with van der Waals surface area (Å²) in [4.78, 5) is 86.4. The van der Waals surface area contributed by atoms with Crippen LogP contribution in [-0.4, -0.2) is 77.9 Å². The first-order chi connectivity index (χ1) is 26.4. The van der Waals surface area contributed by atoms with Crippen LogP contribution >= 0.6 is 0 Å². The van der Waals surface area contributed by atoms with E-state index in [4.69, 9.17) is 10.8 Å². The molecule has 14 heteroatoms. The SMILES string of the molecule is CCCCCCCCCCCCCCC(CC(=O)NCCCNC(=O)C(C)(CC(CC)C(N)=O)CC(C)(C)C(=O)NCCCNC(=O)C(C)CC(=O)O)C(=O)O. The number of primary amides is 1. The summed E-state index contributed by atoms with van der Waals surface area (Å²) in [5.74, 6) is -5.95. The minimum atomic E-state index is -1.14. The monoisotopic (exact) mass is 796 g/mol. The Labute approximate surface area is 336 Å². The van der Waals surface area contributed by atoms with Crippen molar-refractivity contribution in [3.8, 4) is 0 Å². The van der Waals surface area contributed by atoms with Crippen LogP contribution < -0.4 is 27.0 Å². The van der Waals surface area contributed by atoms with E-state index in [1.54, 1.807) is 20.8 Å². The second-order valence-electron chi connectivity index (χ2n) is 16.6. The smallest absolute Gasteiger partial charge is 0.307 e. The Morgan fingerprint density at radius 1 is 0.607 bits per heavy atom. The van der Waals surface area contributed by atoms with Gasteiger partial charge in [-0.15, -0.1) is 0 Å². The summed E-state index contributed by atoms with van der Waals surface area (Å²) in [6, 6.07) is 0. The van der Waals surface area contributed by atoms with E-state index in [2.05, 4.69) is 28.2 Å². The Morgan fingerprint density at radius 3 is 1.57 bits per heavy atom. The summed E-state index contributed by atoms with van der Waals surface area (Å²) in [7, 11) is 0. The molecule has 0 aliphatic carbocycles. The lowest BCUT2D eigenvalue weighted by molar-refractivity contribution is -0.144. The number of amides is 5. The maximum absolute atomic E-state index is 13.7. The van der Waals surface area contributed by atoms with E-state index in [0.29, 0.717) is 25.7 Å². The largest absolute Gasteiger partial charge is 0.481 e.